The largest absolute Gasteiger partial charge is 0.379 e. The van der Waals surface area contributed by atoms with Crippen molar-refractivity contribution in [2.75, 3.05) is 23.3 Å². The van der Waals surface area contributed by atoms with Crippen LogP contribution >= 0.6 is 15.9 Å². The van der Waals surface area contributed by atoms with Gasteiger partial charge in [-0.15, -0.1) is 0 Å². The van der Waals surface area contributed by atoms with E-state index in [1.54, 1.807) is 12.4 Å². The van der Waals surface area contributed by atoms with Gasteiger partial charge in [0.1, 0.15) is 11.3 Å². The lowest BCUT2D eigenvalue weighted by Gasteiger charge is -2.36. The Morgan fingerprint density at radius 3 is 2.67 bits per heavy atom. The Hall–Kier alpha value is -2.25. The molecule has 1 aliphatic heterocycles. The molecule has 0 bridgehead atoms. The van der Waals surface area contributed by atoms with Gasteiger partial charge < -0.3 is 15.0 Å². The molecule has 27 heavy (non-hydrogen) atoms. The first-order valence-corrected chi connectivity index (χ1v) is 9.87. The van der Waals surface area contributed by atoms with Gasteiger partial charge in [-0.1, -0.05) is 6.07 Å². The molecule has 0 saturated carbocycles. The Kier molecular flexibility index (Phi) is 5.22. The van der Waals surface area contributed by atoms with Gasteiger partial charge in [-0.2, -0.15) is 0 Å². The van der Waals surface area contributed by atoms with Crippen molar-refractivity contribution in [1.82, 2.24) is 15.0 Å². The fourth-order valence-electron chi connectivity index (χ4n) is 3.42. The number of nitrogens with one attached hydrogen (secondary N) is 1. The second kappa shape index (κ2) is 7.78. The molecule has 2 unspecified atom stereocenters. The van der Waals surface area contributed by atoms with Crippen LogP contribution in [0.3, 0.4) is 0 Å². The lowest BCUT2D eigenvalue weighted by Crippen LogP contribution is -2.45. The van der Waals surface area contributed by atoms with Crippen molar-refractivity contribution in [2.24, 2.45) is 0 Å². The standard InChI is InChI=1S/C20H22BrN5O/c1-13-11-26(12-14(2)27-13)19-4-3-15(9-24-19)8-23-17-5-6-22-18-7-16(21)10-25-20(17)18/h3-7,9-10,13-14H,8,11-12H2,1-2H3,(H,22,23). The molecule has 3 aromatic heterocycles. The molecule has 0 radical (unpaired) electrons. The fourth-order valence-corrected chi connectivity index (χ4v) is 3.74. The van der Waals surface area contributed by atoms with Crippen LogP contribution in [-0.2, 0) is 11.3 Å². The summed E-state index contributed by atoms with van der Waals surface area (Å²) in [6.07, 6.45) is 5.96. The lowest BCUT2D eigenvalue weighted by atomic mass is 10.2. The van der Waals surface area contributed by atoms with Gasteiger partial charge in [0, 0.05) is 42.7 Å². The van der Waals surface area contributed by atoms with Crippen LogP contribution in [0.15, 0.2) is 47.3 Å². The normalized spacial score (nSPS) is 20.0. The summed E-state index contributed by atoms with van der Waals surface area (Å²) in [5, 5.41) is 3.45. The highest BCUT2D eigenvalue weighted by Gasteiger charge is 2.22. The zero-order valence-electron chi connectivity index (χ0n) is 15.4. The van der Waals surface area contributed by atoms with Crippen molar-refractivity contribution in [3.63, 3.8) is 0 Å². The molecule has 1 saturated heterocycles. The van der Waals surface area contributed by atoms with E-state index in [-0.39, 0.29) is 12.2 Å². The predicted molar refractivity (Wildman–Crippen MR) is 111 cm³/mol. The zero-order chi connectivity index (χ0) is 18.8. The zero-order valence-corrected chi connectivity index (χ0v) is 17.0. The Morgan fingerprint density at radius 1 is 1.11 bits per heavy atom. The van der Waals surface area contributed by atoms with Gasteiger partial charge in [-0.05, 0) is 53.5 Å². The average Bonchev–Trinajstić information content (AvgIpc) is 2.65. The molecule has 0 spiro atoms. The third-order valence-electron chi connectivity index (χ3n) is 4.58. The Labute approximate surface area is 167 Å². The molecular weight excluding hydrogens is 406 g/mol. The maximum absolute atomic E-state index is 5.80. The topological polar surface area (TPSA) is 63.2 Å². The van der Waals surface area contributed by atoms with Crippen molar-refractivity contribution in [2.45, 2.75) is 32.6 Å². The summed E-state index contributed by atoms with van der Waals surface area (Å²) in [5.41, 5.74) is 3.81. The molecule has 1 N–H and O–H groups in total. The van der Waals surface area contributed by atoms with E-state index in [0.717, 1.165) is 45.7 Å². The van der Waals surface area contributed by atoms with Crippen molar-refractivity contribution in [3.05, 3.63) is 52.9 Å². The molecule has 6 nitrogen and oxygen atoms in total. The Balaban J connectivity index is 1.45. The highest BCUT2D eigenvalue weighted by Crippen LogP contribution is 2.23. The Bertz CT molecular complexity index is 923. The van der Waals surface area contributed by atoms with E-state index >= 15 is 0 Å². The summed E-state index contributed by atoms with van der Waals surface area (Å²) >= 11 is 3.44. The van der Waals surface area contributed by atoms with Crippen molar-refractivity contribution >= 4 is 38.5 Å². The van der Waals surface area contributed by atoms with Gasteiger partial charge in [0.15, 0.2) is 0 Å². The van der Waals surface area contributed by atoms with Gasteiger partial charge in [0.2, 0.25) is 0 Å². The summed E-state index contributed by atoms with van der Waals surface area (Å²) < 4.78 is 6.72. The third kappa shape index (κ3) is 4.20. The van der Waals surface area contributed by atoms with Crippen molar-refractivity contribution in [3.8, 4) is 0 Å². The van der Waals surface area contributed by atoms with E-state index in [9.17, 15) is 0 Å². The molecule has 1 fully saturated rings. The smallest absolute Gasteiger partial charge is 0.128 e. The first kappa shape index (κ1) is 18.1. The molecular formula is C20H22BrN5O. The van der Waals surface area contributed by atoms with E-state index in [4.69, 9.17) is 4.74 Å². The number of ether oxygens (including phenoxy) is 1. The molecule has 0 aliphatic carbocycles. The van der Waals surface area contributed by atoms with Gasteiger partial charge in [-0.3, -0.25) is 9.97 Å². The number of hydrogen-bond acceptors (Lipinski definition) is 6. The lowest BCUT2D eigenvalue weighted by molar-refractivity contribution is -0.00545. The number of pyridine rings is 3. The van der Waals surface area contributed by atoms with Crippen LogP contribution in [0.1, 0.15) is 19.4 Å². The predicted octanol–water partition coefficient (Wildman–Crippen LogP) is 4.01. The molecule has 3 aromatic rings. The SMILES string of the molecule is CC1CN(c2ccc(CNc3ccnc4cc(Br)cnc34)cn2)CC(C)O1. The van der Waals surface area contributed by atoms with Crippen LogP contribution < -0.4 is 10.2 Å². The second-order valence-electron chi connectivity index (χ2n) is 6.92. The molecule has 140 valence electrons. The molecule has 1 aliphatic rings. The number of anilines is 2. The number of fused-ring (bicyclic) bond motifs is 1. The highest BCUT2D eigenvalue weighted by atomic mass is 79.9. The van der Waals surface area contributed by atoms with Gasteiger partial charge in [0.25, 0.3) is 0 Å². The van der Waals surface area contributed by atoms with Crippen LogP contribution in [0, 0.1) is 0 Å². The van der Waals surface area contributed by atoms with E-state index < -0.39 is 0 Å². The van der Waals surface area contributed by atoms with Crippen LogP contribution in [0.5, 0.6) is 0 Å². The number of aromatic nitrogens is 3. The third-order valence-corrected chi connectivity index (χ3v) is 5.01. The Morgan fingerprint density at radius 2 is 1.93 bits per heavy atom. The highest BCUT2D eigenvalue weighted by molar-refractivity contribution is 9.10. The number of morpholine rings is 1. The summed E-state index contributed by atoms with van der Waals surface area (Å²) in [5.74, 6) is 1.00. The molecule has 4 heterocycles. The first-order chi connectivity index (χ1) is 13.1. The maximum Gasteiger partial charge on any atom is 0.128 e. The monoisotopic (exact) mass is 427 g/mol. The van der Waals surface area contributed by atoms with Gasteiger partial charge >= 0.3 is 0 Å². The molecule has 0 amide bonds. The first-order valence-electron chi connectivity index (χ1n) is 9.08. The summed E-state index contributed by atoms with van der Waals surface area (Å²) in [6, 6.07) is 8.12. The van der Waals surface area contributed by atoms with Gasteiger partial charge in [0.05, 0.1) is 23.4 Å². The van der Waals surface area contributed by atoms with E-state index in [1.165, 1.54) is 0 Å². The number of rotatable bonds is 4. The summed E-state index contributed by atoms with van der Waals surface area (Å²) in [7, 11) is 0. The minimum absolute atomic E-state index is 0.226. The van der Waals surface area contributed by atoms with E-state index in [1.807, 2.05) is 18.3 Å². The fraction of sp³-hybridized carbons (Fsp3) is 0.350. The maximum atomic E-state index is 5.80. The molecule has 7 heteroatoms. The molecule has 4 rings (SSSR count). The molecule has 2 atom stereocenters. The van der Waals surface area contributed by atoms with E-state index in [0.29, 0.717) is 6.54 Å². The van der Waals surface area contributed by atoms with Crippen LogP contribution in [0.25, 0.3) is 11.0 Å². The van der Waals surface area contributed by atoms with Crippen LogP contribution in [-0.4, -0.2) is 40.2 Å². The quantitative estimate of drug-likeness (QED) is 0.678. The minimum Gasteiger partial charge on any atom is -0.379 e. The number of hydrogen-bond donors (Lipinski definition) is 1. The van der Waals surface area contributed by atoms with Crippen molar-refractivity contribution in [1.29, 1.82) is 0 Å². The summed E-state index contributed by atoms with van der Waals surface area (Å²) in [4.78, 5) is 15.8. The van der Waals surface area contributed by atoms with Crippen LogP contribution in [0.4, 0.5) is 11.5 Å². The van der Waals surface area contributed by atoms with Crippen LogP contribution in [0.2, 0.25) is 0 Å². The summed E-state index contributed by atoms with van der Waals surface area (Å²) in [6.45, 7) is 6.64. The van der Waals surface area contributed by atoms with E-state index in [2.05, 4.69) is 67.1 Å². The number of nitrogens with zero attached hydrogens (tertiary/aromatic N) is 4. The minimum atomic E-state index is 0.226. The number of halogens is 1. The van der Waals surface area contributed by atoms with Gasteiger partial charge in [-0.25, -0.2) is 4.98 Å². The average molecular weight is 428 g/mol. The second-order valence-corrected chi connectivity index (χ2v) is 7.84. The van der Waals surface area contributed by atoms with Crippen molar-refractivity contribution < 1.29 is 4.74 Å². The molecule has 0 aromatic carbocycles.